The molecule has 1 aliphatic carbocycles. The molecule has 0 aromatic carbocycles. The maximum absolute atomic E-state index is 12.2. The minimum Gasteiger partial charge on any atom is -0.396 e. The van der Waals surface area contributed by atoms with Crippen LogP contribution in [0.1, 0.15) is 37.9 Å². The number of aromatic nitrogens is 2. The average molecular weight is 301 g/mol. The first-order valence-corrected chi connectivity index (χ1v) is 8.47. The first kappa shape index (κ1) is 15.5. The van der Waals surface area contributed by atoms with Gasteiger partial charge < -0.3 is 9.67 Å². The average Bonchev–Trinajstić information content (AvgIpc) is 2.79. The Bertz CT molecular complexity index is 540. The highest BCUT2D eigenvalue weighted by atomic mass is 32.2. The molecule has 0 spiro atoms. The van der Waals surface area contributed by atoms with E-state index < -0.39 is 10.0 Å². The highest BCUT2D eigenvalue weighted by Gasteiger charge is 2.33. The molecule has 0 amide bonds. The highest BCUT2D eigenvalue weighted by Crippen LogP contribution is 2.35. The summed E-state index contributed by atoms with van der Waals surface area (Å²) in [5.41, 5.74) is -0.310. The van der Waals surface area contributed by atoms with Gasteiger partial charge in [0.2, 0.25) is 0 Å². The molecule has 7 heteroatoms. The SMILES string of the molecule is Cc1nc(S(=O)(=O)NCC2(CO)CCCCC2)cn1C. The summed E-state index contributed by atoms with van der Waals surface area (Å²) in [7, 11) is -1.84. The van der Waals surface area contributed by atoms with Crippen LogP contribution in [0.3, 0.4) is 0 Å². The molecule has 0 aliphatic heterocycles. The molecule has 1 fully saturated rings. The van der Waals surface area contributed by atoms with E-state index >= 15 is 0 Å². The molecule has 2 rings (SSSR count). The second-order valence-corrected chi connectivity index (χ2v) is 7.49. The first-order valence-electron chi connectivity index (χ1n) is 6.99. The van der Waals surface area contributed by atoms with Crippen LogP contribution < -0.4 is 4.72 Å². The third-order valence-electron chi connectivity index (χ3n) is 4.25. The second-order valence-electron chi connectivity index (χ2n) is 5.78. The van der Waals surface area contributed by atoms with Crippen molar-refractivity contribution < 1.29 is 13.5 Å². The predicted molar refractivity (Wildman–Crippen MR) is 75.7 cm³/mol. The summed E-state index contributed by atoms with van der Waals surface area (Å²) in [5.74, 6) is 0.653. The molecule has 0 radical (unpaired) electrons. The zero-order valence-corrected chi connectivity index (χ0v) is 12.9. The Balaban J connectivity index is 2.08. The zero-order chi connectivity index (χ0) is 14.8. The van der Waals surface area contributed by atoms with E-state index in [4.69, 9.17) is 0 Å². The van der Waals surface area contributed by atoms with Crippen LogP contribution in [-0.4, -0.2) is 36.2 Å². The Labute approximate surface area is 120 Å². The fourth-order valence-corrected chi connectivity index (χ4v) is 3.86. The number of sulfonamides is 1. The van der Waals surface area contributed by atoms with E-state index in [1.54, 1.807) is 18.5 Å². The molecule has 20 heavy (non-hydrogen) atoms. The summed E-state index contributed by atoms with van der Waals surface area (Å²) in [6, 6.07) is 0. The molecule has 0 unspecified atom stereocenters. The number of aliphatic hydroxyl groups is 1. The fourth-order valence-electron chi connectivity index (χ4n) is 2.67. The van der Waals surface area contributed by atoms with Gasteiger partial charge in [-0.2, -0.15) is 0 Å². The number of aryl methyl sites for hydroxylation is 2. The molecule has 0 saturated heterocycles. The lowest BCUT2D eigenvalue weighted by Crippen LogP contribution is -2.41. The van der Waals surface area contributed by atoms with Crippen LogP contribution in [0.5, 0.6) is 0 Å². The van der Waals surface area contributed by atoms with Crippen molar-refractivity contribution in [2.24, 2.45) is 12.5 Å². The van der Waals surface area contributed by atoms with Gasteiger partial charge in [0.05, 0.1) is 0 Å². The Kier molecular flexibility index (Phi) is 4.51. The third-order valence-corrected chi connectivity index (χ3v) is 5.52. The molecule has 0 bridgehead atoms. The molecule has 1 heterocycles. The normalized spacial score (nSPS) is 19.1. The summed E-state index contributed by atoms with van der Waals surface area (Å²) >= 11 is 0. The lowest BCUT2D eigenvalue weighted by Gasteiger charge is -2.35. The lowest BCUT2D eigenvalue weighted by atomic mass is 9.75. The standard InChI is InChI=1S/C13H23N3O3S/c1-11-15-12(8-16(11)2)20(18,19)14-9-13(10-17)6-4-3-5-7-13/h8,14,17H,3-7,9-10H2,1-2H3. The van der Waals surface area contributed by atoms with E-state index in [9.17, 15) is 13.5 Å². The summed E-state index contributed by atoms with van der Waals surface area (Å²) in [6.07, 6.45) is 6.49. The van der Waals surface area contributed by atoms with E-state index in [0.29, 0.717) is 5.82 Å². The number of hydrogen-bond donors (Lipinski definition) is 2. The van der Waals surface area contributed by atoms with E-state index in [1.807, 2.05) is 0 Å². The molecular formula is C13H23N3O3S. The van der Waals surface area contributed by atoms with Crippen LogP contribution in [0.15, 0.2) is 11.2 Å². The monoisotopic (exact) mass is 301 g/mol. The van der Waals surface area contributed by atoms with Crippen molar-refractivity contribution in [3.8, 4) is 0 Å². The van der Waals surface area contributed by atoms with E-state index in [1.165, 1.54) is 6.20 Å². The van der Waals surface area contributed by atoms with Gasteiger partial charge in [-0.25, -0.2) is 18.1 Å². The molecule has 2 N–H and O–H groups in total. The van der Waals surface area contributed by atoms with Crippen molar-refractivity contribution >= 4 is 10.0 Å². The van der Waals surface area contributed by atoms with Gasteiger partial charge in [-0.1, -0.05) is 19.3 Å². The van der Waals surface area contributed by atoms with Gasteiger partial charge in [-0.05, 0) is 19.8 Å². The Hall–Kier alpha value is -0.920. The Morgan fingerprint density at radius 1 is 1.40 bits per heavy atom. The maximum Gasteiger partial charge on any atom is 0.259 e. The van der Waals surface area contributed by atoms with Gasteiger partial charge >= 0.3 is 0 Å². The van der Waals surface area contributed by atoms with Crippen LogP contribution in [0.4, 0.5) is 0 Å². The second kappa shape index (κ2) is 5.83. The molecule has 1 aromatic heterocycles. The zero-order valence-electron chi connectivity index (χ0n) is 12.1. The lowest BCUT2D eigenvalue weighted by molar-refractivity contribution is 0.0867. The summed E-state index contributed by atoms with van der Waals surface area (Å²) < 4.78 is 28.8. The van der Waals surface area contributed by atoms with Gasteiger partial charge in [0.25, 0.3) is 10.0 Å². The minimum atomic E-state index is -3.60. The number of rotatable bonds is 5. The Morgan fingerprint density at radius 2 is 2.05 bits per heavy atom. The number of hydrogen-bond acceptors (Lipinski definition) is 4. The van der Waals surface area contributed by atoms with Crippen LogP contribution in [0, 0.1) is 12.3 Å². The Morgan fingerprint density at radius 3 is 2.55 bits per heavy atom. The van der Waals surface area contributed by atoms with Crippen molar-refractivity contribution in [1.29, 1.82) is 0 Å². The van der Waals surface area contributed by atoms with E-state index in [0.717, 1.165) is 32.1 Å². The number of imidazole rings is 1. The quantitative estimate of drug-likeness (QED) is 0.848. The maximum atomic E-state index is 12.2. The molecule has 1 aromatic rings. The number of nitrogens with one attached hydrogen (secondary N) is 1. The molecule has 6 nitrogen and oxygen atoms in total. The van der Waals surface area contributed by atoms with Gasteiger partial charge in [-0.3, -0.25) is 0 Å². The van der Waals surface area contributed by atoms with Crippen LogP contribution >= 0.6 is 0 Å². The summed E-state index contributed by atoms with van der Waals surface area (Å²) in [6.45, 7) is 2.06. The fraction of sp³-hybridized carbons (Fsp3) is 0.769. The van der Waals surface area contributed by atoms with Crippen LogP contribution in [0.2, 0.25) is 0 Å². The molecule has 1 aliphatic rings. The van der Waals surface area contributed by atoms with Crippen LogP contribution in [-0.2, 0) is 17.1 Å². The smallest absolute Gasteiger partial charge is 0.259 e. The topological polar surface area (TPSA) is 84.2 Å². The first-order chi connectivity index (χ1) is 9.38. The molecule has 0 atom stereocenters. The highest BCUT2D eigenvalue weighted by molar-refractivity contribution is 7.89. The van der Waals surface area contributed by atoms with Crippen LogP contribution in [0.25, 0.3) is 0 Å². The van der Waals surface area contributed by atoms with E-state index in [-0.39, 0.29) is 23.6 Å². The van der Waals surface area contributed by atoms with E-state index in [2.05, 4.69) is 9.71 Å². The molecule has 1 saturated carbocycles. The van der Waals surface area contributed by atoms with Gasteiger partial charge in [0.1, 0.15) is 5.82 Å². The molecule has 114 valence electrons. The minimum absolute atomic E-state index is 0.0246. The van der Waals surface area contributed by atoms with Crippen molar-refractivity contribution in [3.05, 3.63) is 12.0 Å². The number of nitrogens with zero attached hydrogens (tertiary/aromatic N) is 2. The third kappa shape index (κ3) is 3.21. The van der Waals surface area contributed by atoms with Crippen molar-refractivity contribution in [3.63, 3.8) is 0 Å². The number of aliphatic hydroxyl groups excluding tert-OH is 1. The van der Waals surface area contributed by atoms with Crippen molar-refractivity contribution in [1.82, 2.24) is 14.3 Å². The van der Waals surface area contributed by atoms with Crippen molar-refractivity contribution in [2.45, 2.75) is 44.1 Å². The summed E-state index contributed by atoms with van der Waals surface area (Å²) in [4.78, 5) is 4.04. The predicted octanol–water partition coefficient (Wildman–Crippen LogP) is 0.950. The molecular weight excluding hydrogens is 278 g/mol. The largest absolute Gasteiger partial charge is 0.396 e. The van der Waals surface area contributed by atoms with Crippen molar-refractivity contribution in [2.75, 3.05) is 13.2 Å². The van der Waals surface area contributed by atoms with Gasteiger partial charge in [0, 0.05) is 31.8 Å². The summed E-state index contributed by atoms with van der Waals surface area (Å²) in [5, 5.41) is 9.65. The van der Waals surface area contributed by atoms with Gasteiger partial charge in [0.15, 0.2) is 5.03 Å². The van der Waals surface area contributed by atoms with Gasteiger partial charge in [-0.15, -0.1) is 0 Å².